The van der Waals surface area contributed by atoms with Crippen molar-refractivity contribution >= 4 is 15.5 Å². The van der Waals surface area contributed by atoms with Crippen molar-refractivity contribution in [1.29, 1.82) is 0 Å². The van der Waals surface area contributed by atoms with Crippen molar-refractivity contribution in [1.82, 2.24) is 9.97 Å². The average Bonchev–Trinajstić information content (AvgIpc) is 2.37. The molecule has 0 radical (unpaired) electrons. The molecule has 0 fully saturated rings. The van der Waals surface area contributed by atoms with E-state index in [2.05, 4.69) is 15.3 Å². The zero-order chi connectivity index (χ0) is 13.0. The molecule has 2 aromatic rings. The van der Waals surface area contributed by atoms with Gasteiger partial charge in [0.15, 0.2) is 9.84 Å². The lowest BCUT2D eigenvalue weighted by molar-refractivity contribution is 0.602. The Morgan fingerprint density at radius 2 is 1.72 bits per heavy atom. The predicted octanol–water partition coefficient (Wildman–Crippen LogP) is 1.49. The fourth-order valence-electron chi connectivity index (χ4n) is 1.45. The summed E-state index contributed by atoms with van der Waals surface area (Å²) in [6, 6.07) is 6.64. The zero-order valence-corrected chi connectivity index (χ0v) is 10.7. The Balaban J connectivity index is 2.03. The van der Waals surface area contributed by atoms with E-state index in [4.69, 9.17) is 0 Å². The highest BCUT2D eigenvalue weighted by Crippen LogP contribution is 2.14. The van der Waals surface area contributed by atoms with Crippen molar-refractivity contribution in [3.63, 3.8) is 0 Å². The molecule has 1 N–H and O–H groups in total. The van der Waals surface area contributed by atoms with E-state index >= 15 is 0 Å². The monoisotopic (exact) mass is 263 g/mol. The van der Waals surface area contributed by atoms with E-state index in [-0.39, 0.29) is 0 Å². The lowest BCUT2D eigenvalue weighted by atomic mass is 10.3. The summed E-state index contributed by atoms with van der Waals surface area (Å²) in [6.45, 7) is 0.596. The van der Waals surface area contributed by atoms with Crippen LogP contribution in [0.2, 0.25) is 0 Å². The third-order valence-electron chi connectivity index (χ3n) is 2.39. The van der Waals surface area contributed by atoms with Crippen LogP contribution in [-0.2, 0) is 16.4 Å². The number of nitrogens with zero attached hydrogens (tertiary/aromatic N) is 2. The molecule has 1 aromatic heterocycles. The molecule has 18 heavy (non-hydrogen) atoms. The number of hydrogen-bond acceptors (Lipinski definition) is 5. The summed E-state index contributed by atoms with van der Waals surface area (Å²) in [5.41, 5.74) is 1.82. The second-order valence-corrected chi connectivity index (χ2v) is 5.91. The molecule has 0 bridgehead atoms. The quantitative estimate of drug-likeness (QED) is 0.905. The van der Waals surface area contributed by atoms with Crippen LogP contribution in [0.1, 0.15) is 5.56 Å². The standard InChI is InChI=1S/C12H13N3O2S/c1-18(16,17)12-4-2-11(3-5-12)15-8-10-6-13-9-14-7-10/h2-7,9,15H,8H2,1H3. The highest BCUT2D eigenvalue weighted by Gasteiger charge is 2.05. The molecule has 0 unspecified atom stereocenters. The lowest BCUT2D eigenvalue weighted by Gasteiger charge is -2.06. The molecule has 0 aliphatic heterocycles. The summed E-state index contributed by atoms with van der Waals surface area (Å²) in [5, 5.41) is 3.16. The summed E-state index contributed by atoms with van der Waals surface area (Å²) >= 11 is 0. The molecule has 0 aliphatic carbocycles. The SMILES string of the molecule is CS(=O)(=O)c1ccc(NCc2cncnc2)cc1. The maximum Gasteiger partial charge on any atom is 0.175 e. The number of aromatic nitrogens is 2. The van der Waals surface area contributed by atoms with Crippen LogP contribution in [0.4, 0.5) is 5.69 Å². The van der Waals surface area contributed by atoms with Gasteiger partial charge in [0.05, 0.1) is 4.90 Å². The van der Waals surface area contributed by atoms with Gasteiger partial charge in [-0.05, 0) is 24.3 Å². The minimum Gasteiger partial charge on any atom is -0.381 e. The highest BCUT2D eigenvalue weighted by atomic mass is 32.2. The van der Waals surface area contributed by atoms with Crippen LogP contribution in [0, 0.1) is 0 Å². The predicted molar refractivity (Wildman–Crippen MR) is 68.9 cm³/mol. The van der Waals surface area contributed by atoms with Gasteiger partial charge in [0, 0.05) is 36.4 Å². The van der Waals surface area contributed by atoms with Crippen LogP contribution in [0.5, 0.6) is 0 Å². The third kappa shape index (κ3) is 3.27. The van der Waals surface area contributed by atoms with Gasteiger partial charge in [0.25, 0.3) is 0 Å². The number of nitrogens with one attached hydrogen (secondary N) is 1. The molecule has 1 heterocycles. The number of rotatable bonds is 4. The molecular weight excluding hydrogens is 250 g/mol. The van der Waals surface area contributed by atoms with E-state index in [1.165, 1.54) is 12.6 Å². The summed E-state index contributed by atoms with van der Waals surface area (Å²) < 4.78 is 22.6. The van der Waals surface area contributed by atoms with Gasteiger partial charge in [0.1, 0.15) is 6.33 Å². The Kier molecular flexibility index (Phi) is 3.57. The Morgan fingerprint density at radius 1 is 1.11 bits per heavy atom. The summed E-state index contributed by atoms with van der Waals surface area (Å²) in [7, 11) is -3.13. The zero-order valence-electron chi connectivity index (χ0n) is 9.87. The van der Waals surface area contributed by atoms with Crippen LogP contribution in [-0.4, -0.2) is 24.6 Å². The number of benzene rings is 1. The molecule has 0 aliphatic rings. The normalized spacial score (nSPS) is 11.2. The van der Waals surface area contributed by atoms with Gasteiger partial charge < -0.3 is 5.32 Å². The summed E-state index contributed by atoms with van der Waals surface area (Å²) in [6.07, 6.45) is 6.12. The first-order chi connectivity index (χ1) is 8.55. The van der Waals surface area contributed by atoms with E-state index in [1.807, 2.05) is 0 Å². The summed E-state index contributed by atoms with van der Waals surface area (Å²) in [5.74, 6) is 0. The van der Waals surface area contributed by atoms with Crippen LogP contribution in [0.3, 0.4) is 0 Å². The van der Waals surface area contributed by atoms with E-state index in [0.717, 1.165) is 11.3 Å². The number of sulfone groups is 1. The molecule has 0 spiro atoms. The van der Waals surface area contributed by atoms with Gasteiger partial charge >= 0.3 is 0 Å². The van der Waals surface area contributed by atoms with Gasteiger partial charge in [-0.25, -0.2) is 18.4 Å². The van der Waals surface area contributed by atoms with Crippen molar-refractivity contribution in [2.45, 2.75) is 11.4 Å². The fourth-order valence-corrected chi connectivity index (χ4v) is 2.08. The van der Waals surface area contributed by atoms with Crippen molar-refractivity contribution < 1.29 is 8.42 Å². The molecular formula is C12H13N3O2S. The second kappa shape index (κ2) is 5.14. The average molecular weight is 263 g/mol. The van der Waals surface area contributed by atoms with Crippen molar-refractivity contribution in [3.05, 3.63) is 48.5 Å². The fraction of sp³-hybridized carbons (Fsp3) is 0.167. The van der Waals surface area contributed by atoms with E-state index in [1.54, 1.807) is 36.7 Å². The molecule has 2 rings (SSSR count). The largest absolute Gasteiger partial charge is 0.381 e. The molecule has 5 nitrogen and oxygen atoms in total. The van der Waals surface area contributed by atoms with Gasteiger partial charge in [-0.1, -0.05) is 0 Å². The highest BCUT2D eigenvalue weighted by molar-refractivity contribution is 7.90. The molecule has 94 valence electrons. The van der Waals surface area contributed by atoms with Crippen LogP contribution in [0.25, 0.3) is 0 Å². The van der Waals surface area contributed by atoms with Gasteiger partial charge in [-0.3, -0.25) is 0 Å². The second-order valence-electron chi connectivity index (χ2n) is 3.90. The third-order valence-corrected chi connectivity index (χ3v) is 3.52. The first-order valence-corrected chi connectivity index (χ1v) is 7.23. The van der Waals surface area contributed by atoms with E-state index in [0.29, 0.717) is 11.4 Å². The molecule has 0 atom stereocenters. The molecule has 0 saturated heterocycles. The minimum atomic E-state index is -3.13. The number of hydrogen-bond donors (Lipinski definition) is 1. The van der Waals surface area contributed by atoms with Crippen LogP contribution < -0.4 is 5.32 Å². The molecule has 1 aromatic carbocycles. The Bertz CT molecular complexity index is 610. The molecule has 6 heteroatoms. The van der Waals surface area contributed by atoms with E-state index < -0.39 is 9.84 Å². The topological polar surface area (TPSA) is 72.0 Å². The van der Waals surface area contributed by atoms with Crippen molar-refractivity contribution in [3.8, 4) is 0 Å². The number of anilines is 1. The maximum absolute atomic E-state index is 11.3. The Labute approximate surface area is 106 Å². The molecule has 0 amide bonds. The van der Waals surface area contributed by atoms with E-state index in [9.17, 15) is 8.42 Å². The first-order valence-electron chi connectivity index (χ1n) is 5.33. The van der Waals surface area contributed by atoms with Crippen LogP contribution in [0.15, 0.2) is 47.9 Å². The Morgan fingerprint density at radius 3 is 2.28 bits per heavy atom. The molecule has 0 saturated carbocycles. The Hall–Kier alpha value is -1.95. The van der Waals surface area contributed by atoms with Gasteiger partial charge in [-0.2, -0.15) is 0 Å². The summed E-state index contributed by atoms with van der Waals surface area (Å²) in [4.78, 5) is 8.14. The van der Waals surface area contributed by atoms with Crippen LogP contribution >= 0.6 is 0 Å². The first kappa shape index (κ1) is 12.5. The van der Waals surface area contributed by atoms with Crippen molar-refractivity contribution in [2.75, 3.05) is 11.6 Å². The lowest BCUT2D eigenvalue weighted by Crippen LogP contribution is -2.01. The maximum atomic E-state index is 11.3. The smallest absolute Gasteiger partial charge is 0.175 e. The van der Waals surface area contributed by atoms with Gasteiger partial charge in [-0.15, -0.1) is 0 Å². The van der Waals surface area contributed by atoms with Gasteiger partial charge in [0.2, 0.25) is 0 Å². The van der Waals surface area contributed by atoms with Crippen molar-refractivity contribution in [2.24, 2.45) is 0 Å². The minimum absolute atomic E-state index is 0.316.